The number of nitrogens with one attached hydrogen (secondary N) is 1. The number of carbonyl (C=O) groups is 1. The first kappa shape index (κ1) is 12.6. The quantitative estimate of drug-likeness (QED) is 0.598. The molecule has 0 aliphatic carbocycles. The Labute approximate surface area is 96.6 Å². The average molecular weight is 243 g/mol. The van der Waals surface area contributed by atoms with Gasteiger partial charge in [-0.05, 0) is 12.5 Å². The van der Waals surface area contributed by atoms with E-state index in [1.54, 1.807) is 0 Å². The van der Waals surface area contributed by atoms with Gasteiger partial charge in [-0.3, -0.25) is 14.9 Å². The maximum atomic E-state index is 11.6. The predicted octanol–water partition coefficient (Wildman–Crippen LogP) is 1.12. The molecule has 7 heteroatoms. The van der Waals surface area contributed by atoms with Gasteiger partial charge in [0, 0.05) is 18.7 Å². The maximum Gasteiger partial charge on any atom is 0.324 e. The van der Waals surface area contributed by atoms with Crippen molar-refractivity contribution in [1.82, 2.24) is 5.32 Å². The van der Waals surface area contributed by atoms with Crippen LogP contribution in [0.3, 0.4) is 0 Å². The molecule has 0 spiro atoms. The minimum Gasteiger partial charge on any atom is -0.347 e. The lowest BCUT2D eigenvalue weighted by Crippen LogP contribution is -2.39. The van der Waals surface area contributed by atoms with Crippen LogP contribution in [0.15, 0.2) is 12.1 Å². The molecule has 0 fully saturated rings. The van der Waals surface area contributed by atoms with E-state index in [-0.39, 0.29) is 17.0 Å². The monoisotopic (exact) mass is 243 g/mol. The summed E-state index contributed by atoms with van der Waals surface area (Å²) in [5.41, 5.74) is 5.44. The highest BCUT2D eigenvalue weighted by Crippen LogP contribution is 2.23. The van der Waals surface area contributed by atoms with Crippen LogP contribution in [-0.4, -0.2) is 23.4 Å². The number of nitro groups is 1. The van der Waals surface area contributed by atoms with Gasteiger partial charge >= 0.3 is 5.00 Å². The number of amides is 1. The van der Waals surface area contributed by atoms with Crippen molar-refractivity contribution in [1.29, 1.82) is 0 Å². The summed E-state index contributed by atoms with van der Waals surface area (Å²) in [5.74, 6) is -0.310. The molecule has 1 atom stereocenters. The van der Waals surface area contributed by atoms with E-state index in [2.05, 4.69) is 5.32 Å². The fourth-order valence-electron chi connectivity index (χ4n) is 1.13. The van der Waals surface area contributed by atoms with E-state index in [4.69, 9.17) is 5.73 Å². The molecule has 0 aromatic carbocycles. The molecule has 0 saturated carbocycles. The summed E-state index contributed by atoms with van der Waals surface area (Å²) in [4.78, 5) is 21.9. The van der Waals surface area contributed by atoms with Crippen molar-refractivity contribution in [3.63, 3.8) is 0 Å². The third kappa shape index (κ3) is 3.01. The second-order valence-electron chi connectivity index (χ2n) is 3.21. The standard InChI is InChI=1S/C9H13N3O3S/c1-2-6(5-10)11-9(13)7-3-4-8(16-7)12(14)15/h3-4,6H,2,5,10H2,1H3,(H,11,13). The van der Waals surface area contributed by atoms with Crippen LogP contribution in [0.4, 0.5) is 5.00 Å². The molecule has 1 amide bonds. The van der Waals surface area contributed by atoms with Crippen LogP contribution in [0.2, 0.25) is 0 Å². The van der Waals surface area contributed by atoms with E-state index in [1.165, 1.54) is 12.1 Å². The van der Waals surface area contributed by atoms with Gasteiger partial charge < -0.3 is 11.1 Å². The summed E-state index contributed by atoms with van der Waals surface area (Å²) < 4.78 is 0. The highest BCUT2D eigenvalue weighted by Gasteiger charge is 2.16. The van der Waals surface area contributed by atoms with Gasteiger partial charge in [0.15, 0.2) is 0 Å². The molecule has 1 rings (SSSR count). The Hall–Kier alpha value is -1.47. The molecule has 1 heterocycles. The first-order chi connectivity index (χ1) is 7.58. The fourth-order valence-corrected chi connectivity index (χ4v) is 1.86. The van der Waals surface area contributed by atoms with E-state index >= 15 is 0 Å². The third-order valence-corrected chi connectivity index (χ3v) is 3.14. The van der Waals surface area contributed by atoms with Crippen LogP contribution in [-0.2, 0) is 0 Å². The molecule has 6 nitrogen and oxygen atoms in total. The van der Waals surface area contributed by atoms with Crippen LogP contribution in [0.25, 0.3) is 0 Å². The van der Waals surface area contributed by atoms with Gasteiger partial charge in [-0.2, -0.15) is 0 Å². The van der Waals surface area contributed by atoms with Crippen molar-refractivity contribution in [2.45, 2.75) is 19.4 Å². The summed E-state index contributed by atoms with van der Waals surface area (Å²) in [6.07, 6.45) is 0.732. The Morgan fingerprint density at radius 3 is 2.81 bits per heavy atom. The lowest BCUT2D eigenvalue weighted by atomic mass is 10.2. The summed E-state index contributed by atoms with van der Waals surface area (Å²) in [6.45, 7) is 2.27. The molecule has 0 aliphatic heterocycles. The van der Waals surface area contributed by atoms with Gasteiger partial charge in [0.25, 0.3) is 5.91 Å². The van der Waals surface area contributed by atoms with Gasteiger partial charge in [0.2, 0.25) is 0 Å². The lowest BCUT2D eigenvalue weighted by molar-refractivity contribution is -0.380. The molecule has 16 heavy (non-hydrogen) atoms. The van der Waals surface area contributed by atoms with Gasteiger partial charge in [-0.25, -0.2) is 0 Å². The topological polar surface area (TPSA) is 98.3 Å². The Bertz CT molecular complexity index is 387. The molecule has 0 aliphatic rings. The van der Waals surface area contributed by atoms with Gasteiger partial charge in [-0.1, -0.05) is 18.3 Å². The van der Waals surface area contributed by atoms with Crippen LogP contribution in [0.1, 0.15) is 23.0 Å². The van der Waals surface area contributed by atoms with Crippen LogP contribution < -0.4 is 11.1 Å². The molecule has 1 unspecified atom stereocenters. The number of carbonyl (C=O) groups excluding carboxylic acids is 1. The summed E-state index contributed by atoms with van der Waals surface area (Å²) in [7, 11) is 0. The minimum atomic E-state index is -0.512. The van der Waals surface area contributed by atoms with E-state index in [9.17, 15) is 14.9 Å². The Balaban J connectivity index is 2.69. The maximum absolute atomic E-state index is 11.6. The number of nitrogens with two attached hydrogens (primary N) is 1. The first-order valence-electron chi connectivity index (χ1n) is 4.83. The summed E-state index contributed by atoms with van der Waals surface area (Å²) in [6, 6.07) is 2.68. The summed E-state index contributed by atoms with van der Waals surface area (Å²) >= 11 is 0.860. The zero-order valence-corrected chi connectivity index (χ0v) is 9.62. The molecule has 0 bridgehead atoms. The molecular formula is C9H13N3O3S. The van der Waals surface area contributed by atoms with E-state index < -0.39 is 4.92 Å². The predicted molar refractivity (Wildman–Crippen MR) is 61.6 cm³/mol. The molecule has 3 N–H and O–H groups in total. The van der Waals surface area contributed by atoms with Gasteiger partial charge in [-0.15, -0.1) is 0 Å². The Kier molecular flexibility index (Phi) is 4.39. The largest absolute Gasteiger partial charge is 0.347 e. The second-order valence-corrected chi connectivity index (χ2v) is 4.27. The summed E-state index contributed by atoms with van der Waals surface area (Å²) in [5, 5.41) is 13.1. The smallest absolute Gasteiger partial charge is 0.324 e. The molecule has 88 valence electrons. The van der Waals surface area contributed by atoms with Crippen molar-refractivity contribution in [2.75, 3.05) is 6.54 Å². The van der Waals surface area contributed by atoms with E-state index in [0.717, 1.165) is 17.8 Å². The zero-order chi connectivity index (χ0) is 12.1. The molecule has 0 radical (unpaired) electrons. The minimum absolute atomic E-state index is 0.0362. The van der Waals surface area contributed by atoms with Crippen molar-refractivity contribution in [2.24, 2.45) is 5.73 Å². The highest BCUT2D eigenvalue weighted by molar-refractivity contribution is 7.17. The highest BCUT2D eigenvalue weighted by atomic mass is 32.1. The second kappa shape index (κ2) is 5.57. The van der Waals surface area contributed by atoms with Gasteiger partial charge in [0.05, 0.1) is 9.80 Å². The molecule has 1 aromatic rings. The van der Waals surface area contributed by atoms with Crippen LogP contribution in [0.5, 0.6) is 0 Å². The van der Waals surface area contributed by atoms with Gasteiger partial charge in [0.1, 0.15) is 0 Å². The van der Waals surface area contributed by atoms with E-state index in [0.29, 0.717) is 11.4 Å². The van der Waals surface area contributed by atoms with Crippen LogP contribution >= 0.6 is 11.3 Å². The number of hydrogen-bond donors (Lipinski definition) is 2. The van der Waals surface area contributed by atoms with Crippen molar-refractivity contribution < 1.29 is 9.72 Å². The average Bonchev–Trinajstić information content (AvgIpc) is 2.74. The fraction of sp³-hybridized carbons (Fsp3) is 0.444. The zero-order valence-electron chi connectivity index (χ0n) is 8.80. The molecular weight excluding hydrogens is 230 g/mol. The Morgan fingerprint density at radius 2 is 2.38 bits per heavy atom. The Morgan fingerprint density at radius 1 is 1.69 bits per heavy atom. The number of rotatable bonds is 5. The van der Waals surface area contributed by atoms with Crippen molar-refractivity contribution in [3.8, 4) is 0 Å². The number of nitrogens with zero attached hydrogens (tertiary/aromatic N) is 1. The third-order valence-electron chi connectivity index (χ3n) is 2.11. The van der Waals surface area contributed by atoms with Crippen molar-refractivity contribution in [3.05, 3.63) is 27.1 Å². The first-order valence-corrected chi connectivity index (χ1v) is 5.65. The van der Waals surface area contributed by atoms with Crippen LogP contribution in [0, 0.1) is 10.1 Å². The van der Waals surface area contributed by atoms with Crippen molar-refractivity contribution >= 4 is 22.2 Å². The van der Waals surface area contributed by atoms with E-state index in [1.807, 2.05) is 6.92 Å². The molecule has 0 saturated heterocycles. The lowest BCUT2D eigenvalue weighted by Gasteiger charge is -2.13. The number of thiophene rings is 1. The number of hydrogen-bond acceptors (Lipinski definition) is 5. The SMILES string of the molecule is CCC(CN)NC(=O)c1ccc([N+](=O)[O-])s1. The molecule has 1 aromatic heterocycles. The normalized spacial score (nSPS) is 12.1.